The van der Waals surface area contributed by atoms with Crippen molar-refractivity contribution in [2.75, 3.05) is 0 Å². The zero-order valence-electron chi connectivity index (χ0n) is 16.7. The SMILES string of the molecule is CC(=Nc1c(C)cccc1C)C(C)=Nc1c(C)cccc1C.[CH3][Ni][CH3]. The van der Waals surface area contributed by atoms with Crippen molar-refractivity contribution in [3.05, 3.63) is 58.7 Å². The van der Waals surface area contributed by atoms with Gasteiger partial charge in [0, 0.05) is 0 Å². The molecule has 0 aliphatic rings. The monoisotopic (exact) mass is 380 g/mol. The molecule has 0 aliphatic carbocycles. The molecule has 0 atom stereocenters. The molecular formula is C22H30N2Ni. The summed E-state index contributed by atoms with van der Waals surface area (Å²) in [5, 5.41) is 0. The van der Waals surface area contributed by atoms with Crippen LogP contribution in [0.1, 0.15) is 36.1 Å². The van der Waals surface area contributed by atoms with Crippen LogP contribution in [0.15, 0.2) is 46.4 Å². The van der Waals surface area contributed by atoms with Gasteiger partial charge in [0.05, 0.1) is 22.8 Å². The van der Waals surface area contributed by atoms with E-state index in [1.807, 2.05) is 13.8 Å². The number of rotatable bonds is 3. The Morgan fingerprint density at radius 2 is 0.880 bits per heavy atom. The van der Waals surface area contributed by atoms with Crippen LogP contribution in [0.2, 0.25) is 11.8 Å². The van der Waals surface area contributed by atoms with Gasteiger partial charge < -0.3 is 0 Å². The van der Waals surface area contributed by atoms with E-state index in [1.54, 1.807) is 14.4 Å². The number of hydrogen-bond acceptors (Lipinski definition) is 2. The second-order valence-electron chi connectivity index (χ2n) is 6.19. The fourth-order valence-corrected chi connectivity index (χ4v) is 2.46. The second kappa shape index (κ2) is 10.3. The average molecular weight is 381 g/mol. The van der Waals surface area contributed by atoms with E-state index in [0.717, 1.165) is 22.8 Å². The first-order chi connectivity index (χ1) is 11.8. The summed E-state index contributed by atoms with van der Waals surface area (Å²) in [6.45, 7) is 12.4. The summed E-state index contributed by atoms with van der Waals surface area (Å²) in [7, 11) is 0. The number of para-hydroxylation sites is 2. The molecule has 0 saturated carbocycles. The molecule has 0 radical (unpaired) electrons. The zero-order valence-corrected chi connectivity index (χ0v) is 17.7. The van der Waals surface area contributed by atoms with Crippen molar-refractivity contribution in [3.8, 4) is 0 Å². The van der Waals surface area contributed by atoms with Crippen molar-refractivity contribution in [3.63, 3.8) is 0 Å². The number of nitrogens with zero attached hydrogens (tertiary/aromatic N) is 2. The van der Waals surface area contributed by atoms with Gasteiger partial charge in [-0.25, -0.2) is 0 Å². The van der Waals surface area contributed by atoms with E-state index < -0.39 is 0 Å². The summed E-state index contributed by atoms with van der Waals surface area (Å²) in [5.41, 5.74) is 8.80. The van der Waals surface area contributed by atoms with E-state index in [4.69, 9.17) is 9.98 Å². The Kier molecular flexibility index (Phi) is 8.79. The maximum absolute atomic E-state index is 4.80. The second-order valence-corrected chi connectivity index (χ2v) is 7.18. The van der Waals surface area contributed by atoms with Crippen LogP contribution in [0.5, 0.6) is 0 Å². The molecule has 0 fully saturated rings. The first-order valence-electron chi connectivity index (χ1n) is 8.26. The van der Waals surface area contributed by atoms with Gasteiger partial charge in [-0.05, 0) is 63.8 Å². The summed E-state index contributed by atoms with van der Waals surface area (Å²) in [5.74, 6) is 4.12. The summed E-state index contributed by atoms with van der Waals surface area (Å²) >= 11 is 1.62. The molecule has 0 unspecified atom stereocenters. The molecule has 138 valence electrons. The third-order valence-electron chi connectivity index (χ3n) is 3.96. The van der Waals surface area contributed by atoms with E-state index in [0.29, 0.717) is 0 Å². The fourth-order valence-electron chi connectivity index (χ4n) is 2.46. The van der Waals surface area contributed by atoms with Gasteiger partial charge in [0.25, 0.3) is 0 Å². The molecule has 0 N–H and O–H groups in total. The fraction of sp³-hybridized carbons (Fsp3) is 0.364. The molecule has 25 heavy (non-hydrogen) atoms. The Hall–Kier alpha value is -1.73. The third-order valence-corrected chi connectivity index (χ3v) is 3.96. The zero-order chi connectivity index (χ0) is 19.0. The van der Waals surface area contributed by atoms with Gasteiger partial charge in [0.2, 0.25) is 0 Å². The topological polar surface area (TPSA) is 24.7 Å². The normalized spacial score (nSPS) is 12.0. The van der Waals surface area contributed by atoms with Crippen molar-refractivity contribution < 1.29 is 14.4 Å². The Labute approximate surface area is 159 Å². The number of aryl methyl sites for hydroxylation is 4. The molecule has 2 rings (SSSR count). The Balaban J connectivity index is 0.000000970. The molecule has 0 aromatic heterocycles. The number of aliphatic imine (C=N–C) groups is 2. The summed E-state index contributed by atoms with van der Waals surface area (Å²) in [6.07, 6.45) is 0. The van der Waals surface area contributed by atoms with Crippen LogP contribution in [-0.2, 0) is 14.4 Å². The van der Waals surface area contributed by atoms with Gasteiger partial charge in [-0.2, -0.15) is 0 Å². The maximum atomic E-state index is 4.80. The quantitative estimate of drug-likeness (QED) is 0.405. The standard InChI is InChI=1S/C20H24N2.2CH3.Ni/c1-13-9-7-10-14(2)19(13)21-17(5)18(6)22-20-15(3)11-8-12-16(20)4;;;/h7-12H,1-6H3;2*1H3;. The van der Waals surface area contributed by atoms with Crippen molar-refractivity contribution in [2.24, 2.45) is 9.98 Å². The first kappa shape index (κ1) is 21.3. The molecule has 0 saturated heterocycles. The van der Waals surface area contributed by atoms with Crippen molar-refractivity contribution >= 4 is 22.8 Å². The minimum atomic E-state index is 0.958. The van der Waals surface area contributed by atoms with Crippen LogP contribution in [0.25, 0.3) is 0 Å². The Bertz CT molecular complexity index is 668. The molecule has 3 heteroatoms. The molecule has 2 aromatic carbocycles. The molecule has 0 amide bonds. The van der Waals surface area contributed by atoms with Crippen LogP contribution in [0, 0.1) is 27.7 Å². The van der Waals surface area contributed by atoms with Gasteiger partial charge in [-0.1, -0.05) is 36.4 Å². The van der Waals surface area contributed by atoms with Crippen molar-refractivity contribution in [1.29, 1.82) is 0 Å². The van der Waals surface area contributed by atoms with Gasteiger partial charge in [0.1, 0.15) is 0 Å². The molecule has 0 heterocycles. The predicted molar refractivity (Wildman–Crippen MR) is 109 cm³/mol. The van der Waals surface area contributed by atoms with E-state index in [9.17, 15) is 0 Å². The van der Waals surface area contributed by atoms with E-state index >= 15 is 0 Å². The van der Waals surface area contributed by atoms with Gasteiger partial charge in [-0.3, -0.25) is 9.98 Å². The first-order valence-corrected chi connectivity index (χ1v) is 10.2. The average Bonchev–Trinajstić information content (AvgIpc) is 2.55. The molecule has 0 spiro atoms. The Morgan fingerprint density at radius 1 is 0.640 bits per heavy atom. The molecule has 2 aromatic rings. The summed E-state index contributed by atoms with van der Waals surface area (Å²) in [6, 6.07) is 12.5. The van der Waals surface area contributed by atoms with Gasteiger partial charge in [0.15, 0.2) is 0 Å². The summed E-state index contributed by atoms with van der Waals surface area (Å²) < 4.78 is 0. The van der Waals surface area contributed by atoms with E-state index in [-0.39, 0.29) is 0 Å². The van der Waals surface area contributed by atoms with Crippen LogP contribution in [-0.4, -0.2) is 11.4 Å². The van der Waals surface area contributed by atoms with Crippen LogP contribution in [0.4, 0.5) is 11.4 Å². The van der Waals surface area contributed by atoms with E-state index in [2.05, 4.69) is 75.9 Å². The van der Waals surface area contributed by atoms with E-state index in [1.165, 1.54) is 22.3 Å². The Morgan fingerprint density at radius 3 is 1.12 bits per heavy atom. The summed E-state index contributed by atoms with van der Waals surface area (Å²) in [4.78, 5) is 9.60. The number of benzene rings is 2. The van der Waals surface area contributed by atoms with Crippen LogP contribution >= 0.6 is 0 Å². The van der Waals surface area contributed by atoms with Crippen molar-refractivity contribution in [1.82, 2.24) is 0 Å². The molecule has 0 aliphatic heterocycles. The van der Waals surface area contributed by atoms with Gasteiger partial charge >= 0.3 is 26.2 Å². The van der Waals surface area contributed by atoms with Crippen LogP contribution < -0.4 is 0 Å². The minimum absolute atomic E-state index is 0.958. The third kappa shape index (κ3) is 6.25. The number of hydrogen-bond donors (Lipinski definition) is 0. The molecule has 0 bridgehead atoms. The van der Waals surface area contributed by atoms with Gasteiger partial charge in [-0.15, -0.1) is 0 Å². The molecular weight excluding hydrogens is 351 g/mol. The predicted octanol–water partition coefficient (Wildman–Crippen LogP) is 6.97. The van der Waals surface area contributed by atoms with Crippen LogP contribution in [0.3, 0.4) is 0 Å². The molecule has 2 nitrogen and oxygen atoms in total. The van der Waals surface area contributed by atoms with Crippen molar-refractivity contribution in [2.45, 2.75) is 53.3 Å².